The van der Waals surface area contributed by atoms with Gasteiger partial charge in [0.2, 0.25) is 0 Å². The lowest BCUT2D eigenvalue weighted by atomic mass is 9.98. The first-order valence-corrected chi connectivity index (χ1v) is 18.8. The summed E-state index contributed by atoms with van der Waals surface area (Å²) in [4.78, 5) is 2.38. The van der Waals surface area contributed by atoms with Crippen LogP contribution in [-0.4, -0.2) is 0 Å². The van der Waals surface area contributed by atoms with Crippen LogP contribution in [0.4, 0.5) is 17.1 Å². The van der Waals surface area contributed by atoms with Crippen LogP contribution in [-0.2, 0) is 0 Å². The molecule has 0 aliphatic carbocycles. The van der Waals surface area contributed by atoms with Crippen LogP contribution in [0.1, 0.15) is 0 Å². The third-order valence-corrected chi connectivity index (χ3v) is 11.8. The molecule has 0 radical (unpaired) electrons. The van der Waals surface area contributed by atoms with Crippen molar-refractivity contribution in [1.82, 2.24) is 0 Å². The van der Waals surface area contributed by atoms with Crippen LogP contribution in [0, 0.1) is 0 Å². The first kappa shape index (κ1) is 30.0. The standard InChI is InChI=1S/C50H31NOS/c1-2-10-41-33(8-1)9-7-13-42(41)34-20-24-39(25-21-34)51(40-26-27-50-46(31-40)44-12-4-6-15-49(44)53-50)38-22-18-32(19-23-38)35-16-17-36-30-48-45(29-37(36)28-35)43-11-3-5-14-47(43)52-48/h1-31H. The van der Waals surface area contributed by atoms with Crippen molar-refractivity contribution in [2.24, 2.45) is 0 Å². The maximum Gasteiger partial charge on any atom is 0.136 e. The zero-order valence-corrected chi connectivity index (χ0v) is 29.5. The number of para-hydroxylation sites is 1. The molecular formula is C50H31NOS. The molecule has 0 aliphatic heterocycles. The van der Waals surface area contributed by atoms with Gasteiger partial charge in [0.15, 0.2) is 0 Å². The molecule has 0 spiro atoms. The molecule has 2 heterocycles. The smallest absolute Gasteiger partial charge is 0.136 e. The zero-order valence-electron chi connectivity index (χ0n) is 28.7. The average molecular weight is 694 g/mol. The number of fused-ring (bicyclic) bond motifs is 8. The fourth-order valence-corrected chi connectivity index (χ4v) is 9.10. The number of hydrogen-bond donors (Lipinski definition) is 0. The molecule has 0 atom stereocenters. The Balaban J connectivity index is 1.01. The Morgan fingerprint density at radius 1 is 0.340 bits per heavy atom. The maximum atomic E-state index is 6.17. The van der Waals surface area contributed by atoms with Crippen LogP contribution in [0.5, 0.6) is 0 Å². The molecule has 0 bridgehead atoms. The van der Waals surface area contributed by atoms with Gasteiger partial charge in [0.25, 0.3) is 0 Å². The first-order chi connectivity index (χ1) is 26.2. The minimum absolute atomic E-state index is 0.924. The van der Waals surface area contributed by atoms with Crippen molar-refractivity contribution in [3.05, 3.63) is 188 Å². The number of furan rings is 1. The summed E-state index contributed by atoms with van der Waals surface area (Å²) in [6, 6.07) is 68.2. The highest BCUT2D eigenvalue weighted by Crippen LogP contribution is 2.42. The molecule has 0 unspecified atom stereocenters. The van der Waals surface area contributed by atoms with Crippen LogP contribution >= 0.6 is 11.3 Å². The van der Waals surface area contributed by atoms with E-state index in [1.807, 2.05) is 23.5 Å². The van der Waals surface area contributed by atoms with E-state index < -0.39 is 0 Å². The highest BCUT2D eigenvalue weighted by Gasteiger charge is 2.16. The third kappa shape index (κ3) is 5.01. The zero-order chi connectivity index (χ0) is 34.9. The Morgan fingerprint density at radius 2 is 1.00 bits per heavy atom. The summed E-state index contributed by atoms with van der Waals surface area (Å²) in [5.74, 6) is 0. The second-order valence-electron chi connectivity index (χ2n) is 13.7. The summed E-state index contributed by atoms with van der Waals surface area (Å²) < 4.78 is 8.78. The van der Waals surface area contributed by atoms with E-state index in [0.29, 0.717) is 0 Å². The summed E-state index contributed by atoms with van der Waals surface area (Å²) in [6.45, 7) is 0. The summed E-state index contributed by atoms with van der Waals surface area (Å²) in [5.41, 5.74) is 10.0. The van der Waals surface area contributed by atoms with Gasteiger partial charge in [-0.1, -0.05) is 115 Å². The van der Waals surface area contributed by atoms with Crippen molar-refractivity contribution in [3.8, 4) is 22.3 Å². The minimum atomic E-state index is 0.924. The predicted octanol–water partition coefficient (Wildman–Crippen LogP) is 15.1. The van der Waals surface area contributed by atoms with Crippen molar-refractivity contribution < 1.29 is 4.42 Å². The largest absolute Gasteiger partial charge is 0.456 e. The predicted molar refractivity (Wildman–Crippen MR) is 227 cm³/mol. The van der Waals surface area contributed by atoms with Gasteiger partial charge >= 0.3 is 0 Å². The lowest BCUT2D eigenvalue weighted by Gasteiger charge is -2.26. The fraction of sp³-hybridized carbons (Fsp3) is 0. The lowest BCUT2D eigenvalue weighted by Crippen LogP contribution is -2.09. The molecule has 248 valence electrons. The van der Waals surface area contributed by atoms with Crippen molar-refractivity contribution in [2.45, 2.75) is 0 Å². The maximum absolute atomic E-state index is 6.17. The van der Waals surface area contributed by atoms with E-state index in [0.717, 1.165) is 39.0 Å². The van der Waals surface area contributed by atoms with E-state index in [4.69, 9.17) is 4.42 Å². The number of benzene rings is 9. The highest BCUT2D eigenvalue weighted by atomic mass is 32.1. The van der Waals surface area contributed by atoms with Gasteiger partial charge in [-0.15, -0.1) is 11.3 Å². The van der Waals surface area contributed by atoms with Gasteiger partial charge in [-0.3, -0.25) is 0 Å². The Hall–Kier alpha value is -6.68. The Bertz CT molecular complexity index is 3160. The van der Waals surface area contributed by atoms with E-state index in [9.17, 15) is 0 Å². The van der Waals surface area contributed by atoms with Gasteiger partial charge in [-0.2, -0.15) is 0 Å². The number of rotatable bonds is 5. The average Bonchev–Trinajstić information content (AvgIpc) is 3.78. The summed E-state index contributed by atoms with van der Waals surface area (Å²) >= 11 is 1.85. The Morgan fingerprint density at radius 3 is 1.85 bits per heavy atom. The second kappa shape index (κ2) is 11.9. The number of hydrogen-bond acceptors (Lipinski definition) is 3. The molecular weight excluding hydrogens is 663 g/mol. The molecule has 0 aliphatic rings. The quantitative estimate of drug-likeness (QED) is 0.178. The van der Waals surface area contributed by atoms with Crippen LogP contribution in [0.3, 0.4) is 0 Å². The Kier molecular flexibility index (Phi) is 6.76. The van der Waals surface area contributed by atoms with Gasteiger partial charge in [0.05, 0.1) is 0 Å². The van der Waals surface area contributed by atoms with Gasteiger partial charge in [-0.25, -0.2) is 0 Å². The molecule has 0 amide bonds. The molecule has 11 rings (SSSR count). The van der Waals surface area contributed by atoms with E-state index in [-0.39, 0.29) is 0 Å². The van der Waals surface area contributed by atoms with E-state index in [1.54, 1.807) is 0 Å². The van der Waals surface area contributed by atoms with Gasteiger partial charge in [-0.05, 0) is 117 Å². The second-order valence-corrected chi connectivity index (χ2v) is 14.8. The van der Waals surface area contributed by atoms with Crippen LogP contribution in [0.2, 0.25) is 0 Å². The van der Waals surface area contributed by atoms with Crippen LogP contribution < -0.4 is 4.90 Å². The fourth-order valence-electron chi connectivity index (χ4n) is 8.02. The summed E-state index contributed by atoms with van der Waals surface area (Å²) in [6.07, 6.45) is 0. The van der Waals surface area contributed by atoms with Crippen molar-refractivity contribution in [3.63, 3.8) is 0 Å². The summed E-state index contributed by atoms with van der Waals surface area (Å²) in [7, 11) is 0. The molecule has 0 saturated carbocycles. The van der Waals surface area contributed by atoms with Crippen molar-refractivity contribution >= 4 is 92.1 Å². The van der Waals surface area contributed by atoms with E-state index in [2.05, 4.69) is 181 Å². The lowest BCUT2D eigenvalue weighted by molar-refractivity contribution is 0.669. The van der Waals surface area contributed by atoms with Gasteiger partial charge in [0.1, 0.15) is 11.2 Å². The molecule has 2 nitrogen and oxygen atoms in total. The molecule has 53 heavy (non-hydrogen) atoms. The normalized spacial score (nSPS) is 11.8. The molecule has 0 fully saturated rings. The number of nitrogens with zero attached hydrogens (tertiary/aromatic N) is 1. The molecule has 0 N–H and O–H groups in total. The number of anilines is 3. The topological polar surface area (TPSA) is 16.4 Å². The number of thiophene rings is 1. The first-order valence-electron chi connectivity index (χ1n) is 18.0. The van der Waals surface area contributed by atoms with Crippen LogP contribution in [0.25, 0.3) is 85.9 Å². The molecule has 0 saturated heterocycles. The SMILES string of the molecule is c1ccc2c(-c3ccc(N(c4ccc(-c5ccc6cc7oc8ccccc8c7cc6c5)cc4)c4ccc5sc6ccccc6c5c4)cc3)cccc2c1. The molecule has 11 aromatic rings. The van der Waals surface area contributed by atoms with Gasteiger partial charge < -0.3 is 9.32 Å². The Labute approximate surface area is 310 Å². The third-order valence-electron chi connectivity index (χ3n) is 10.6. The molecule has 2 aromatic heterocycles. The van der Waals surface area contributed by atoms with E-state index >= 15 is 0 Å². The summed E-state index contributed by atoms with van der Waals surface area (Å²) in [5, 5.41) is 9.78. The van der Waals surface area contributed by atoms with Crippen molar-refractivity contribution in [2.75, 3.05) is 4.90 Å². The van der Waals surface area contributed by atoms with Gasteiger partial charge in [0, 0.05) is 48.0 Å². The highest BCUT2D eigenvalue weighted by molar-refractivity contribution is 7.25. The van der Waals surface area contributed by atoms with Crippen molar-refractivity contribution in [1.29, 1.82) is 0 Å². The van der Waals surface area contributed by atoms with E-state index in [1.165, 1.54) is 64.0 Å². The monoisotopic (exact) mass is 693 g/mol. The molecule has 9 aromatic carbocycles. The minimum Gasteiger partial charge on any atom is -0.456 e. The molecule has 3 heteroatoms. The van der Waals surface area contributed by atoms with Crippen LogP contribution in [0.15, 0.2) is 192 Å².